The first-order chi connectivity index (χ1) is 24.2. The summed E-state index contributed by atoms with van der Waals surface area (Å²) in [5.74, 6) is 3.36. The second-order valence-corrected chi connectivity index (χ2v) is 19.1. The minimum atomic E-state index is 0.0732. The molecule has 4 fully saturated rings. The average Bonchev–Trinajstić information content (AvgIpc) is 3.66. The molecule has 2 heteroatoms. The molecule has 6 atom stereocenters. The van der Waals surface area contributed by atoms with Crippen LogP contribution in [-0.2, 0) is 16.2 Å². The molecule has 0 radical (unpaired) electrons. The SMILES string of the molecule is CC1(C)CCC(C)(C)c2c(N(c3ccccc3)c3ccc4c(c3)C3(c5c(cccc5-c5ccccc5)S4)C4CC5CC6CC3C64C5)cccc21. The van der Waals surface area contributed by atoms with Crippen LogP contribution in [0.15, 0.2) is 125 Å². The molecule has 0 aromatic heterocycles. The molecule has 2 spiro atoms. The summed E-state index contributed by atoms with van der Waals surface area (Å²) in [7, 11) is 0. The van der Waals surface area contributed by atoms with Crippen molar-refractivity contribution in [2.45, 2.75) is 92.3 Å². The highest BCUT2D eigenvalue weighted by Crippen LogP contribution is 2.89. The van der Waals surface area contributed by atoms with Gasteiger partial charge >= 0.3 is 0 Å². The molecule has 5 aliphatic carbocycles. The zero-order chi connectivity index (χ0) is 33.6. The first kappa shape index (κ1) is 29.9. The summed E-state index contributed by atoms with van der Waals surface area (Å²) in [6, 6.07) is 44.5. The molecule has 11 rings (SSSR count). The molecule has 1 nitrogen and oxygen atoms in total. The monoisotopic (exact) mass is 669 g/mol. The number of hydrogen-bond donors (Lipinski definition) is 0. The van der Waals surface area contributed by atoms with Gasteiger partial charge in [0.1, 0.15) is 0 Å². The van der Waals surface area contributed by atoms with E-state index in [0.717, 1.165) is 23.7 Å². The fourth-order valence-electron chi connectivity index (χ4n) is 13.1. The van der Waals surface area contributed by atoms with Gasteiger partial charge in [0.05, 0.1) is 5.69 Å². The van der Waals surface area contributed by atoms with Gasteiger partial charge in [0, 0.05) is 26.6 Å². The Morgan fingerprint density at radius 1 is 0.600 bits per heavy atom. The lowest BCUT2D eigenvalue weighted by atomic mass is 9.26. The van der Waals surface area contributed by atoms with Crippen LogP contribution in [-0.4, -0.2) is 0 Å². The van der Waals surface area contributed by atoms with Gasteiger partial charge < -0.3 is 4.90 Å². The van der Waals surface area contributed by atoms with Crippen LogP contribution in [0.5, 0.6) is 0 Å². The topological polar surface area (TPSA) is 3.24 Å². The Bertz CT molecular complexity index is 2200. The van der Waals surface area contributed by atoms with Crippen molar-refractivity contribution in [2.75, 3.05) is 4.90 Å². The molecule has 5 aromatic carbocycles. The summed E-state index contributed by atoms with van der Waals surface area (Å²) >= 11 is 2.03. The quantitative estimate of drug-likeness (QED) is 0.187. The van der Waals surface area contributed by atoms with E-state index in [1.54, 1.807) is 11.1 Å². The van der Waals surface area contributed by atoms with E-state index < -0.39 is 0 Å². The molecule has 2 bridgehead atoms. The Labute approximate surface area is 302 Å². The molecule has 50 heavy (non-hydrogen) atoms. The van der Waals surface area contributed by atoms with Crippen molar-refractivity contribution >= 4 is 28.8 Å². The minimum Gasteiger partial charge on any atom is -0.310 e. The van der Waals surface area contributed by atoms with Crippen LogP contribution in [0.4, 0.5) is 17.1 Å². The minimum absolute atomic E-state index is 0.0732. The number of nitrogens with zero attached hydrogens (tertiary/aromatic N) is 1. The maximum absolute atomic E-state index is 2.69. The fourth-order valence-corrected chi connectivity index (χ4v) is 14.3. The van der Waals surface area contributed by atoms with Gasteiger partial charge in [0.2, 0.25) is 0 Å². The van der Waals surface area contributed by atoms with E-state index in [1.807, 2.05) is 11.8 Å². The van der Waals surface area contributed by atoms with Gasteiger partial charge in [-0.25, -0.2) is 0 Å². The summed E-state index contributed by atoms with van der Waals surface area (Å²) < 4.78 is 0. The number of benzene rings is 5. The third-order valence-electron chi connectivity index (χ3n) is 15.0. The van der Waals surface area contributed by atoms with E-state index in [1.165, 1.54) is 87.6 Å². The van der Waals surface area contributed by atoms with Crippen LogP contribution < -0.4 is 4.90 Å². The number of rotatable bonds is 4. The standard InChI is InChI=1S/C48H47NS/c1-45(2)23-24-46(3,4)44-36(45)18-12-19-38(44)49(33-15-9-6-10-16-33)34-21-22-39-37(28-34)48(41-26-30-25-32-27-42(48)47(32,41)29-30)43-35(17-11-20-40(43)50-39)31-13-7-5-8-14-31/h5-22,28,30,32,41-42H,23-27,29H2,1-4H3. The van der Waals surface area contributed by atoms with Gasteiger partial charge in [-0.15, -0.1) is 0 Å². The summed E-state index contributed by atoms with van der Waals surface area (Å²) in [5.41, 5.74) is 13.9. The summed E-state index contributed by atoms with van der Waals surface area (Å²) in [5, 5.41) is 0. The van der Waals surface area contributed by atoms with E-state index in [-0.39, 0.29) is 16.2 Å². The molecule has 250 valence electrons. The predicted octanol–water partition coefficient (Wildman–Crippen LogP) is 13.0. The molecule has 4 saturated carbocycles. The number of para-hydroxylation sites is 1. The lowest BCUT2D eigenvalue weighted by Gasteiger charge is -2.78. The first-order valence-corrected chi connectivity index (χ1v) is 20.1. The van der Waals surface area contributed by atoms with Crippen molar-refractivity contribution < 1.29 is 0 Å². The van der Waals surface area contributed by atoms with Crippen molar-refractivity contribution in [3.63, 3.8) is 0 Å². The lowest BCUT2D eigenvalue weighted by molar-refractivity contribution is -0.234. The molecular weight excluding hydrogens is 623 g/mol. The Balaban J connectivity index is 1.17. The van der Waals surface area contributed by atoms with Crippen LogP contribution >= 0.6 is 11.8 Å². The van der Waals surface area contributed by atoms with Crippen molar-refractivity contribution in [3.8, 4) is 11.1 Å². The maximum atomic E-state index is 2.69. The number of fused-ring (bicyclic) bond motifs is 8. The van der Waals surface area contributed by atoms with Crippen molar-refractivity contribution in [1.29, 1.82) is 0 Å². The second-order valence-electron chi connectivity index (χ2n) is 18.0. The van der Waals surface area contributed by atoms with Gasteiger partial charge in [-0.2, -0.15) is 0 Å². The fraction of sp³-hybridized carbons (Fsp3) is 0.375. The number of hydrogen-bond acceptors (Lipinski definition) is 2. The Morgan fingerprint density at radius 2 is 1.34 bits per heavy atom. The van der Waals surface area contributed by atoms with E-state index in [4.69, 9.17) is 0 Å². The van der Waals surface area contributed by atoms with Crippen molar-refractivity contribution in [2.24, 2.45) is 29.1 Å². The highest BCUT2D eigenvalue weighted by Gasteiger charge is 2.84. The highest BCUT2D eigenvalue weighted by atomic mass is 32.2. The van der Waals surface area contributed by atoms with E-state index >= 15 is 0 Å². The zero-order valence-corrected chi connectivity index (χ0v) is 30.7. The molecule has 0 amide bonds. The highest BCUT2D eigenvalue weighted by molar-refractivity contribution is 7.99. The van der Waals surface area contributed by atoms with Gasteiger partial charge in [-0.3, -0.25) is 0 Å². The third kappa shape index (κ3) is 3.62. The third-order valence-corrected chi connectivity index (χ3v) is 16.1. The molecule has 5 aromatic rings. The molecule has 0 saturated heterocycles. The summed E-state index contributed by atoms with van der Waals surface area (Å²) in [4.78, 5) is 5.60. The van der Waals surface area contributed by atoms with Crippen molar-refractivity contribution in [3.05, 3.63) is 138 Å². The van der Waals surface area contributed by atoms with E-state index in [2.05, 4.69) is 148 Å². The average molecular weight is 670 g/mol. The second kappa shape index (κ2) is 9.97. The first-order valence-electron chi connectivity index (χ1n) is 19.2. The van der Waals surface area contributed by atoms with Gasteiger partial charge in [-0.1, -0.05) is 112 Å². The normalized spacial score (nSPS) is 31.1. The molecular formula is C48H47NS. The Morgan fingerprint density at radius 3 is 2.14 bits per heavy atom. The van der Waals surface area contributed by atoms with Crippen LogP contribution in [0.25, 0.3) is 11.1 Å². The Kier molecular flexibility index (Phi) is 5.97. The lowest BCUT2D eigenvalue weighted by Crippen LogP contribution is -2.74. The van der Waals surface area contributed by atoms with Crippen LogP contribution in [0, 0.1) is 29.1 Å². The molecule has 0 N–H and O–H groups in total. The smallest absolute Gasteiger partial charge is 0.0502 e. The van der Waals surface area contributed by atoms with E-state index in [9.17, 15) is 0 Å². The Hall–Kier alpha value is -3.75. The molecule has 6 aliphatic rings. The number of anilines is 3. The van der Waals surface area contributed by atoms with Crippen LogP contribution in [0.1, 0.15) is 88.5 Å². The molecule has 1 heterocycles. The van der Waals surface area contributed by atoms with Gasteiger partial charge in [0.25, 0.3) is 0 Å². The maximum Gasteiger partial charge on any atom is 0.0502 e. The van der Waals surface area contributed by atoms with Gasteiger partial charge in [-0.05, 0) is 154 Å². The van der Waals surface area contributed by atoms with Crippen molar-refractivity contribution in [1.82, 2.24) is 0 Å². The van der Waals surface area contributed by atoms with Crippen LogP contribution in [0.3, 0.4) is 0 Å². The largest absolute Gasteiger partial charge is 0.310 e. The molecule has 1 aliphatic heterocycles. The summed E-state index contributed by atoms with van der Waals surface area (Å²) in [6.07, 6.45) is 8.20. The summed E-state index contributed by atoms with van der Waals surface area (Å²) in [6.45, 7) is 9.86. The zero-order valence-electron chi connectivity index (χ0n) is 29.9. The van der Waals surface area contributed by atoms with Crippen LogP contribution in [0.2, 0.25) is 0 Å². The molecule has 6 unspecified atom stereocenters. The van der Waals surface area contributed by atoms with Gasteiger partial charge in [0.15, 0.2) is 0 Å². The van der Waals surface area contributed by atoms with E-state index in [0.29, 0.717) is 5.41 Å². The predicted molar refractivity (Wildman–Crippen MR) is 208 cm³/mol.